The SMILES string of the molecule is OC(Cc1ccc2ccccc2n1)c1cc(Br)c(Cl)s1. The highest BCUT2D eigenvalue weighted by Crippen LogP contribution is 2.36. The first-order valence-electron chi connectivity index (χ1n) is 6.11. The molecule has 0 fully saturated rings. The van der Waals surface area contributed by atoms with Gasteiger partial charge in [0.15, 0.2) is 0 Å². The van der Waals surface area contributed by atoms with Crippen molar-refractivity contribution in [3.05, 3.63) is 61.8 Å². The molecule has 2 aromatic heterocycles. The summed E-state index contributed by atoms with van der Waals surface area (Å²) in [6.45, 7) is 0. The van der Waals surface area contributed by atoms with Gasteiger partial charge < -0.3 is 5.11 Å². The maximum atomic E-state index is 10.3. The van der Waals surface area contributed by atoms with Crippen LogP contribution in [0.15, 0.2) is 46.9 Å². The van der Waals surface area contributed by atoms with Crippen LogP contribution in [0.1, 0.15) is 16.7 Å². The van der Waals surface area contributed by atoms with Gasteiger partial charge in [-0.15, -0.1) is 11.3 Å². The molecule has 20 heavy (non-hydrogen) atoms. The third-order valence-electron chi connectivity index (χ3n) is 3.05. The largest absolute Gasteiger partial charge is 0.387 e. The third-order valence-corrected chi connectivity index (χ3v) is 5.63. The Morgan fingerprint density at radius 3 is 2.80 bits per heavy atom. The van der Waals surface area contributed by atoms with Crippen molar-refractivity contribution in [2.45, 2.75) is 12.5 Å². The number of hydrogen-bond acceptors (Lipinski definition) is 3. The maximum absolute atomic E-state index is 10.3. The van der Waals surface area contributed by atoms with Crippen LogP contribution in [0.2, 0.25) is 4.34 Å². The van der Waals surface area contributed by atoms with Gasteiger partial charge in [0.1, 0.15) is 4.34 Å². The molecule has 3 aromatic rings. The highest BCUT2D eigenvalue weighted by Gasteiger charge is 2.14. The minimum Gasteiger partial charge on any atom is -0.387 e. The molecule has 102 valence electrons. The molecule has 0 radical (unpaired) electrons. The highest BCUT2D eigenvalue weighted by molar-refractivity contribution is 9.10. The first-order valence-corrected chi connectivity index (χ1v) is 8.09. The Balaban J connectivity index is 1.85. The summed E-state index contributed by atoms with van der Waals surface area (Å²) >= 11 is 10.7. The minimum atomic E-state index is -0.586. The Bertz CT molecular complexity index is 739. The van der Waals surface area contributed by atoms with Crippen LogP contribution in [0.25, 0.3) is 10.9 Å². The fourth-order valence-electron chi connectivity index (χ4n) is 2.05. The zero-order valence-electron chi connectivity index (χ0n) is 10.4. The van der Waals surface area contributed by atoms with Crippen LogP contribution in [-0.2, 0) is 6.42 Å². The van der Waals surface area contributed by atoms with E-state index in [1.54, 1.807) is 0 Å². The summed E-state index contributed by atoms with van der Waals surface area (Å²) in [6, 6.07) is 13.8. The Hall–Kier alpha value is -0.940. The summed E-state index contributed by atoms with van der Waals surface area (Å²) in [5, 5.41) is 11.4. The predicted octanol–water partition coefficient (Wildman–Crippen LogP) is 4.99. The van der Waals surface area contributed by atoms with E-state index in [1.807, 2.05) is 42.5 Å². The number of benzene rings is 1. The van der Waals surface area contributed by atoms with Crippen molar-refractivity contribution in [2.24, 2.45) is 0 Å². The molecule has 0 aliphatic heterocycles. The van der Waals surface area contributed by atoms with Crippen LogP contribution in [0.5, 0.6) is 0 Å². The number of nitrogens with zero attached hydrogens (tertiary/aromatic N) is 1. The van der Waals surface area contributed by atoms with E-state index in [1.165, 1.54) is 11.3 Å². The van der Waals surface area contributed by atoms with Gasteiger partial charge in [0.25, 0.3) is 0 Å². The second-order valence-electron chi connectivity index (χ2n) is 4.49. The molecule has 1 unspecified atom stereocenters. The molecule has 0 saturated carbocycles. The molecular weight excluding hydrogens is 358 g/mol. The molecule has 0 amide bonds. The number of rotatable bonds is 3. The zero-order valence-corrected chi connectivity index (χ0v) is 13.5. The molecule has 2 nitrogen and oxygen atoms in total. The van der Waals surface area contributed by atoms with Gasteiger partial charge in [-0.1, -0.05) is 35.9 Å². The van der Waals surface area contributed by atoms with Crippen LogP contribution in [0.4, 0.5) is 0 Å². The first kappa shape index (κ1) is 14.0. The molecule has 0 spiro atoms. The lowest BCUT2D eigenvalue weighted by Gasteiger charge is -2.08. The average molecular weight is 369 g/mol. The molecule has 1 aromatic carbocycles. The summed E-state index contributed by atoms with van der Waals surface area (Å²) in [6.07, 6.45) is -0.105. The van der Waals surface area contributed by atoms with Gasteiger partial charge in [-0.3, -0.25) is 4.98 Å². The second kappa shape index (κ2) is 5.82. The van der Waals surface area contributed by atoms with Crippen molar-refractivity contribution < 1.29 is 5.11 Å². The molecule has 2 heterocycles. The van der Waals surface area contributed by atoms with Crippen molar-refractivity contribution in [3.63, 3.8) is 0 Å². The Kier molecular flexibility index (Phi) is 4.08. The molecule has 1 atom stereocenters. The van der Waals surface area contributed by atoms with Crippen molar-refractivity contribution in [3.8, 4) is 0 Å². The summed E-state index contributed by atoms with van der Waals surface area (Å²) in [5.41, 5.74) is 1.82. The number of hydrogen-bond donors (Lipinski definition) is 1. The second-order valence-corrected chi connectivity index (χ2v) is 7.03. The zero-order chi connectivity index (χ0) is 14.1. The number of thiophene rings is 1. The predicted molar refractivity (Wildman–Crippen MR) is 87.4 cm³/mol. The topological polar surface area (TPSA) is 33.1 Å². The standard InChI is InChI=1S/C15H11BrClNOS/c16-11-8-14(20-15(11)17)13(19)7-10-6-5-9-3-1-2-4-12(9)18-10/h1-6,8,13,19H,7H2. The van der Waals surface area contributed by atoms with Gasteiger partial charge in [-0.05, 0) is 34.1 Å². The number of pyridine rings is 1. The summed E-state index contributed by atoms with van der Waals surface area (Å²) in [5.74, 6) is 0. The minimum absolute atomic E-state index is 0.480. The molecule has 0 saturated heterocycles. The molecule has 0 aliphatic rings. The number of fused-ring (bicyclic) bond motifs is 1. The number of para-hydroxylation sites is 1. The molecule has 0 bridgehead atoms. The Morgan fingerprint density at radius 2 is 2.05 bits per heavy atom. The van der Waals surface area contributed by atoms with E-state index in [0.717, 1.165) is 25.9 Å². The van der Waals surface area contributed by atoms with E-state index < -0.39 is 6.10 Å². The number of halogens is 2. The average Bonchev–Trinajstić information content (AvgIpc) is 2.79. The lowest BCUT2D eigenvalue weighted by molar-refractivity contribution is 0.181. The molecule has 3 rings (SSSR count). The number of aromatic nitrogens is 1. The summed E-state index contributed by atoms with van der Waals surface area (Å²) < 4.78 is 1.48. The van der Waals surface area contributed by atoms with Crippen LogP contribution >= 0.6 is 38.9 Å². The maximum Gasteiger partial charge on any atom is 0.107 e. The van der Waals surface area contributed by atoms with Crippen LogP contribution in [-0.4, -0.2) is 10.1 Å². The molecular formula is C15H11BrClNOS. The van der Waals surface area contributed by atoms with Gasteiger partial charge in [0, 0.05) is 26.9 Å². The molecule has 0 aliphatic carbocycles. The van der Waals surface area contributed by atoms with Gasteiger partial charge in [-0.25, -0.2) is 0 Å². The first-order chi connectivity index (χ1) is 9.63. The van der Waals surface area contributed by atoms with Crippen molar-refractivity contribution >= 4 is 49.8 Å². The van der Waals surface area contributed by atoms with Crippen LogP contribution < -0.4 is 0 Å². The molecule has 1 N–H and O–H groups in total. The van der Waals surface area contributed by atoms with Crippen molar-refractivity contribution in [1.82, 2.24) is 4.98 Å². The van der Waals surface area contributed by atoms with E-state index in [0.29, 0.717) is 10.8 Å². The lowest BCUT2D eigenvalue weighted by atomic mass is 10.1. The number of aliphatic hydroxyl groups excluding tert-OH is 1. The molecule has 5 heteroatoms. The fourth-order valence-corrected chi connectivity index (χ4v) is 3.77. The van der Waals surface area contributed by atoms with Crippen LogP contribution in [0, 0.1) is 0 Å². The third kappa shape index (κ3) is 2.88. The fraction of sp³-hybridized carbons (Fsp3) is 0.133. The van der Waals surface area contributed by atoms with Crippen molar-refractivity contribution in [1.29, 1.82) is 0 Å². The Morgan fingerprint density at radius 1 is 1.25 bits per heavy atom. The Labute approximate surface area is 134 Å². The van der Waals surface area contributed by atoms with E-state index in [2.05, 4.69) is 20.9 Å². The van der Waals surface area contributed by atoms with E-state index >= 15 is 0 Å². The number of aliphatic hydroxyl groups is 1. The monoisotopic (exact) mass is 367 g/mol. The van der Waals surface area contributed by atoms with Gasteiger partial charge in [0.05, 0.1) is 11.6 Å². The normalized spacial score (nSPS) is 12.8. The van der Waals surface area contributed by atoms with E-state index in [-0.39, 0.29) is 0 Å². The van der Waals surface area contributed by atoms with Crippen LogP contribution in [0.3, 0.4) is 0 Å². The lowest BCUT2D eigenvalue weighted by Crippen LogP contribution is -2.01. The van der Waals surface area contributed by atoms with E-state index in [9.17, 15) is 5.11 Å². The summed E-state index contributed by atoms with van der Waals surface area (Å²) in [4.78, 5) is 5.41. The van der Waals surface area contributed by atoms with Gasteiger partial charge in [-0.2, -0.15) is 0 Å². The van der Waals surface area contributed by atoms with E-state index in [4.69, 9.17) is 11.6 Å². The quantitative estimate of drug-likeness (QED) is 0.706. The smallest absolute Gasteiger partial charge is 0.107 e. The van der Waals surface area contributed by atoms with Gasteiger partial charge >= 0.3 is 0 Å². The summed E-state index contributed by atoms with van der Waals surface area (Å²) in [7, 11) is 0. The van der Waals surface area contributed by atoms with Crippen molar-refractivity contribution in [2.75, 3.05) is 0 Å². The van der Waals surface area contributed by atoms with Gasteiger partial charge in [0.2, 0.25) is 0 Å². The highest BCUT2D eigenvalue weighted by atomic mass is 79.9.